The number of hydrogen-bond donors (Lipinski definition) is 1. The fraction of sp³-hybridized carbons (Fsp3) is 0.440. The van der Waals surface area contributed by atoms with Crippen molar-refractivity contribution < 1.29 is 32.5 Å². The molecule has 0 aromatic carbocycles. The number of alkyl halides is 2. The minimum atomic E-state index is -2.98. The number of carbonyl (C=O) groups is 1. The van der Waals surface area contributed by atoms with E-state index in [0.29, 0.717) is 80.5 Å². The summed E-state index contributed by atoms with van der Waals surface area (Å²) in [6.07, 6.45) is 3.33. The Kier molecular flexibility index (Phi) is 7.82. The molecule has 1 fully saturated rings. The Morgan fingerprint density at radius 3 is 2.66 bits per heavy atom. The zero-order valence-corrected chi connectivity index (χ0v) is 20.5. The number of aromatic nitrogens is 3. The Balaban J connectivity index is 1.09. The zero-order valence-electron chi connectivity index (χ0n) is 20.5. The van der Waals surface area contributed by atoms with Crippen molar-refractivity contribution in [1.29, 1.82) is 0 Å². The standard InChI is InChI=1S/C25H27F2N5O6/c26-24(27)37-18-12-20-19(29-14-18)1-2-23(33)32(20)8-7-31-5-3-17(4-6-31)38-25(34)30-13-16-11-21-22(15-28-16)36-10-9-35-21/h1-2,11-12,14-15,17,24H,3-10,13H2,(H,30,34). The molecule has 5 heterocycles. The molecule has 0 atom stereocenters. The van der Waals surface area contributed by atoms with Gasteiger partial charge < -0.3 is 33.7 Å². The number of fused-ring (bicyclic) bond motifs is 2. The van der Waals surface area contributed by atoms with Gasteiger partial charge in [0.2, 0.25) is 0 Å². The van der Waals surface area contributed by atoms with Crippen LogP contribution in [0.2, 0.25) is 0 Å². The topological polar surface area (TPSA) is 117 Å². The van der Waals surface area contributed by atoms with E-state index in [1.807, 2.05) is 0 Å². The highest BCUT2D eigenvalue weighted by atomic mass is 19.3. The smallest absolute Gasteiger partial charge is 0.407 e. The lowest BCUT2D eigenvalue weighted by atomic mass is 10.1. The molecule has 1 N–H and O–H groups in total. The molecule has 13 heteroatoms. The van der Waals surface area contributed by atoms with Crippen molar-refractivity contribution in [2.75, 3.05) is 32.8 Å². The largest absolute Gasteiger partial charge is 0.486 e. The highest BCUT2D eigenvalue weighted by Crippen LogP contribution is 2.29. The van der Waals surface area contributed by atoms with Crippen molar-refractivity contribution in [1.82, 2.24) is 24.8 Å². The molecular weight excluding hydrogens is 504 g/mol. The monoisotopic (exact) mass is 531 g/mol. The van der Waals surface area contributed by atoms with Crippen LogP contribution in [0.25, 0.3) is 11.0 Å². The quantitative estimate of drug-likeness (QED) is 0.468. The third-order valence-corrected chi connectivity index (χ3v) is 6.39. The first kappa shape index (κ1) is 25.6. The summed E-state index contributed by atoms with van der Waals surface area (Å²) in [4.78, 5) is 35.3. The highest BCUT2D eigenvalue weighted by Gasteiger charge is 2.23. The molecule has 202 valence electrons. The number of ether oxygens (including phenoxy) is 4. The Labute approximate surface area is 216 Å². The lowest BCUT2D eigenvalue weighted by Crippen LogP contribution is -2.41. The number of piperidine rings is 1. The summed E-state index contributed by atoms with van der Waals surface area (Å²) >= 11 is 0. The van der Waals surface area contributed by atoms with Gasteiger partial charge in [0, 0.05) is 44.4 Å². The van der Waals surface area contributed by atoms with Crippen LogP contribution in [0.4, 0.5) is 13.6 Å². The minimum Gasteiger partial charge on any atom is -0.486 e. The molecular formula is C25H27F2N5O6. The fourth-order valence-electron chi connectivity index (χ4n) is 4.48. The summed E-state index contributed by atoms with van der Waals surface area (Å²) in [5.41, 5.74) is 1.32. The molecule has 0 saturated carbocycles. The van der Waals surface area contributed by atoms with Crippen molar-refractivity contribution in [3.63, 3.8) is 0 Å². The Bertz CT molecular complexity index is 1350. The molecule has 0 bridgehead atoms. The molecule has 3 aromatic heterocycles. The van der Waals surface area contributed by atoms with Gasteiger partial charge in [-0.25, -0.2) is 4.79 Å². The Hall–Kier alpha value is -4.00. The van der Waals surface area contributed by atoms with Crippen LogP contribution < -0.4 is 25.1 Å². The number of rotatable bonds is 8. The van der Waals surface area contributed by atoms with Gasteiger partial charge in [-0.05, 0) is 18.9 Å². The van der Waals surface area contributed by atoms with E-state index < -0.39 is 12.7 Å². The van der Waals surface area contributed by atoms with Gasteiger partial charge in [0.1, 0.15) is 25.1 Å². The normalized spacial score (nSPS) is 16.0. The third kappa shape index (κ3) is 6.28. The van der Waals surface area contributed by atoms with E-state index in [4.69, 9.17) is 14.2 Å². The second-order valence-corrected chi connectivity index (χ2v) is 8.90. The van der Waals surface area contributed by atoms with Gasteiger partial charge in [-0.1, -0.05) is 0 Å². The first-order valence-corrected chi connectivity index (χ1v) is 12.3. The van der Waals surface area contributed by atoms with Crippen LogP contribution in [-0.4, -0.2) is 71.1 Å². The summed E-state index contributed by atoms with van der Waals surface area (Å²) in [5, 5.41) is 2.72. The van der Waals surface area contributed by atoms with Crippen LogP contribution in [-0.2, 0) is 17.8 Å². The predicted molar refractivity (Wildman–Crippen MR) is 131 cm³/mol. The third-order valence-electron chi connectivity index (χ3n) is 6.39. The van der Waals surface area contributed by atoms with E-state index in [-0.39, 0.29) is 24.0 Å². The summed E-state index contributed by atoms with van der Waals surface area (Å²) < 4.78 is 47.7. The van der Waals surface area contributed by atoms with Crippen LogP contribution in [0.1, 0.15) is 18.5 Å². The maximum atomic E-state index is 12.6. The lowest BCUT2D eigenvalue weighted by Gasteiger charge is -2.31. The summed E-state index contributed by atoms with van der Waals surface area (Å²) in [6, 6.07) is 6.09. The van der Waals surface area contributed by atoms with Crippen LogP contribution in [0.5, 0.6) is 17.2 Å². The van der Waals surface area contributed by atoms with Gasteiger partial charge in [-0.3, -0.25) is 14.8 Å². The number of likely N-dealkylation sites (tertiary alicyclic amines) is 1. The average molecular weight is 532 g/mol. The van der Waals surface area contributed by atoms with Gasteiger partial charge >= 0.3 is 12.7 Å². The minimum absolute atomic E-state index is 0.104. The summed E-state index contributed by atoms with van der Waals surface area (Å²) in [5.74, 6) is 1.09. The molecule has 2 aliphatic rings. The van der Waals surface area contributed by atoms with Crippen LogP contribution in [0.3, 0.4) is 0 Å². The first-order chi connectivity index (χ1) is 18.4. The molecule has 0 radical (unpaired) electrons. The van der Waals surface area contributed by atoms with Gasteiger partial charge in [0.25, 0.3) is 5.56 Å². The fourth-order valence-corrected chi connectivity index (χ4v) is 4.48. The number of alkyl carbamates (subject to hydrolysis) is 1. The Morgan fingerprint density at radius 1 is 1.08 bits per heavy atom. The number of nitrogens with zero attached hydrogens (tertiary/aromatic N) is 4. The van der Waals surface area contributed by atoms with Crippen molar-refractivity contribution >= 4 is 17.1 Å². The van der Waals surface area contributed by atoms with E-state index in [2.05, 4.69) is 24.9 Å². The molecule has 38 heavy (non-hydrogen) atoms. The molecule has 3 aromatic rings. The molecule has 0 unspecified atom stereocenters. The zero-order chi connectivity index (χ0) is 26.5. The van der Waals surface area contributed by atoms with Crippen molar-refractivity contribution in [2.45, 2.75) is 38.6 Å². The summed E-state index contributed by atoms with van der Waals surface area (Å²) in [7, 11) is 0. The van der Waals surface area contributed by atoms with E-state index in [1.54, 1.807) is 18.3 Å². The molecule has 11 nitrogen and oxygen atoms in total. The second-order valence-electron chi connectivity index (χ2n) is 8.90. The number of hydrogen-bond acceptors (Lipinski definition) is 9. The van der Waals surface area contributed by atoms with Gasteiger partial charge in [-0.2, -0.15) is 8.78 Å². The number of nitrogens with one attached hydrogen (secondary N) is 1. The van der Waals surface area contributed by atoms with Crippen LogP contribution in [0, 0.1) is 0 Å². The highest BCUT2D eigenvalue weighted by molar-refractivity contribution is 5.75. The van der Waals surface area contributed by atoms with Crippen molar-refractivity contribution in [3.05, 3.63) is 52.7 Å². The van der Waals surface area contributed by atoms with E-state index in [0.717, 1.165) is 0 Å². The van der Waals surface area contributed by atoms with Crippen molar-refractivity contribution in [2.24, 2.45) is 0 Å². The maximum Gasteiger partial charge on any atom is 0.407 e. The summed E-state index contributed by atoms with van der Waals surface area (Å²) in [6.45, 7) is 0.450. The molecule has 0 aliphatic carbocycles. The SMILES string of the molecule is O=C(NCc1cc2c(cn1)OCCO2)OC1CCN(CCn2c(=O)ccc3ncc(OC(F)F)cc32)CC1. The predicted octanol–water partition coefficient (Wildman–Crippen LogP) is 2.55. The van der Waals surface area contributed by atoms with Gasteiger partial charge in [0.05, 0.1) is 35.7 Å². The lowest BCUT2D eigenvalue weighted by molar-refractivity contribution is -0.0499. The van der Waals surface area contributed by atoms with Crippen LogP contribution in [0.15, 0.2) is 41.5 Å². The van der Waals surface area contributed by atoms with E-state index >= 15 is 0 Å². The number of carbonyl (C=O) groups excluding carboxylic acids is 1. The first-order valence-electron chi connectivity index (χ1n) is 12.3. The molecule has 1 saturated heterocycles. The van der Waals surface area contributed by atoms with E-state index in [1.165, 1.54) is 22.9 Å². The molecule has 2 aliphatic heterocycles. The maximum absolute atomic E-state index is 12.6. The average Bonchev–Trinajstić information content (AvgIpc) is 2.92. The molecule has 0 spiro atoms. The van der Waals surface area contributed by atoms with Crippen LogP contribution >= 0.6 is 0 Å². The molecule has 1 amide bonds. The van der Waals surface area contributed by atoms with Gasteiger partial charge in [0.15, 0.2) is 11.5 Å². The number of amides is 1. The second kappa shape index (κ2) is 11.6. The van der Waals surface area contributed by atoms with Gasteiger partial charge in [-0.15, -0.1) is 0 Å². The molecule has 5 rings (SSSR count). The van der Waals surface area contributed by atoms with Crippen molar-refractivity contribution in [3.8, 4) is 17.2 Å². The number of halogens is 2. The van der Waals surface area contributed by atoms with E-state index in [9.17, 15) is 18.4 Å². The Morgan fingerprint density at radius 2 is 1.87 bits per heavy atom. The number of pyridine rings is 3.